The molecule has 1 aromatic rings. The molecule has 0 aromatic heterocycles. The minimum absolute atomic E-state index is 0.563. The topological polar surface area (TPSA) is 21.7 Å². The Bertz CT molecular complexity index is 413. The summed E-state index contributed by atoms with van der Waals surface area (Å²) in [4.78, 5) is 2.57. The summed E-state index contributed by atoms with van der Waals surface area (Å²) in [6.45, 7) is 3.86. The molecule has 3 rings (SSSR count). The molecule has 0 bridgehead atoms. The van der Waals surface area contributed by atoms with Crippen molar-refractivity contribution < 1.29 is 9.47 Å². The second-order valence-corrected chi connectivity index (χ2v) is 5.08. The smallest absolute Gasteiger partial charge is 0.122 e. The molecule has 0 spiro atoms. The number of fused-ring (bicyclic) bond motifs is 1. The van der Waals surface area contributed by atoms with Crippen LogP contribution in [-0.2, 0) is 11.2 Å². The molecule has 98 valence electrons. The molecule has 1 aromatic carbocycles. The summed E-state index contributed by atoms with van der Waals surface area (Å²) in [6, 6.07) is 7.04. The number of methoxy groups -OCH3 is 1. The van der Waals surface area contributed by atoms with Crippen molar-refractivity contribution in [1.29, 1.82) is 0 Å². The van der Waals surface area contributed by atoms with E-state index in [1.54, 1.807) is 7.11 Å². The lowest BCUT2D eigenvalue weighted by molar-refractivity contribution is 0.0123. The quantitative estimate of drug-likeness (QED) is 0.801. The van der Waals surface area contributed by atoms with Gasteiger partial charge in [-0.1, -0.05) is 12.1 Å². The molecule has 1 fully saturated rings. The third-order valence-corrected chi connectivity index (χ3v) is 4.14. The number of rotatable bonds is 2. The predicted octanol–water partition coefficient (Wildman–Crippen LogP) is 2.40. The number of nitrogens with zero attached hydrogens (tertiary/aromatic N) is 1. The van der Waals surface area contributed by atoms with Gasteiger partial charge in [0.2, 0.25) is 0 Å². The van der Waals surface area contributed by atoms with Gasteiger partial charge in [0.05, 0.1) is 20.3 Å². The molecule has 0 unspecified atom stereocenters. The molecule has 1 aliphatic heterocycles. The third kappa shape index (κ3) is 2.13. The van der Waals surface area contributed by atoms with E-state index in [0.717, 1.165) is 38.5 Å². The first kappa shape index (κ1) is 12.0. The van der Waals surface area contributed by atoms with Crippen LogP contribution in [0, 0.1) is 0 Å². The fourth-order valence-electron chi connectivity index (χ4n) is 3.25. The summed E-state index contributed by atoms with van der Waals surface area (Å²) in [5.74, 6) is 1.06. The molecule has 1 heterocycles. The average Bonchev–Trinajstić information content (AvgIpc) is 2.47. The van der Waals surface area contributed by atoms with E-state index in [0.29, 0.717) is 6.04 Å². The summed E-state index contributed by atoms with van der Waals surface area (Å²) in [6.07, 6.45) is 3.68. The maximum absolute atomic E-state index is 5.51. The van der Waals surface area contributed by atoms with Gasteiger partial charge in [0, 0.05) is 19.1 Å². The van der Waals surface area contributed by atoms with Gasteiger partial charge < -0.3 is 9.47 Å². The fourth-order valence-corrected chi connectivity index (χ4v) is 3.25. The van der Waals surface area contributed by atoms with E-state index in [1.807, 2.05) is 0 Å². The summed E-state index contributed by atoms with van der Waals surface area (Å²) in [7, 11) is 1.77. The predicted molar refractivity (Wildman–Crippen MR) is 71.1 cm³/mol. The van der Waals surface area contributed by atoms with Gasteiger partial charge in [-0.2, -0.15) is 0 Å². The number of hydrogen-bond acceptors (Lipinski definition) is 3. The Morgan fingerprint density at radius 1 is 1.28 bits per heavy atom. The number of ether oxygens (including phenoxy) is 2. The maximum Gasteiger partial charge on any atom is 0.122 e. The molecular weight excluding hydrogens is 226 g/mol. The molecule has 1 atom stereocenters. The first-order chi connectivity index (χ1) is 8.90. The van der Waals surface area contributed by atoms with Crippen LogP contribution in [0.1, 0.15) is 30.0 Å². The van der Waals surface area contributed by atoms with Gasteiger partial charge in [-0.15, -0.1) is 0 Å². The highest BCUT2D eigenvalue weighted by atomic mass is 16.5. The van der Waals surface area contributed by atoms with Gasteiger partial charge in [-0.25, -0.2) is 0 Å². The minimum atomic E-state index is 0.563. The molecule has 0 N–H and O–H groups in total. The lowest BCUT2D eigenvalue weighted by Gasteiger charge is -2.38. The Balaban J connectivity index is 1.91. The standard InChI is InChI=1S/C15H21NO2/c1-17-15-7-3-4-12-13(15)5-2-6-14(12)16-8-10-18-11-9-16/h3-4,7,14H,2,5-6,8-11H2,1H3/t14-/m1/s1. The molecule has 0 saturated carbocycles. The molecule has 1 aliphatic carbocycles. The van der Waals surface area contributed by atoms with Crippen molar-refractivity contribution in [2.75, 3.05) is 33.4 Å². The van der Waals surface area contributed by atoms with Gasteiger partial charge in [0.15, 0.2) is 0 Å². The molecule has 0 radical (unpaired) electrons. The van der Waals surface area contributed by atoms with Crippen LogP contribution < -0.4 is 4.74 Å². The molecule has 3 heteroatoms. The largest absolute Gasteiger partial charge is 0.496 e. The molecular formula is C15H21NO2. The molecule has 3 nitrogen and oxygen atoms in total. The Labute approximate surface area is 109 Å². The van der Waals surface area contributed by atoms with Crippen molar-refractivity contribution in [2.45, 2.75) is 25.3 Å². The van der Waals surface area contributed by atoms with Crippen molar-refractivity contribution in [1.82, 2.24) is 4.90 Å². The van der Waals surface area contributed by atoms with Crippen LogP contribution >= 0.6 is 0 Å². The van der Waals surface area contributed by atoms with Crippen molar-refractivity contribution in [3.63, 3.8) is 0 Å². The fraction of sp³-hybridized carbons (Fsp3) is 0.600. The average molecular weight is 247 g/mol. The lowest BCUT2D eigenvalue weighted by atomic mass is 9.86. The second kappa shape index (κ2) is 5.29. The van der Waals surface area contributed by atoms with Crippen LogP contribution in [0.25, 0.3) is 0 Å². The van der Waals surface area contributed by atoms with Crippen molar-refractivity contribution in [3.05, 3.63) is 29.3 Å². The van der Waals surface area contributed by atoms with Crippen LogP contribution in [0.2, 0.25) is 0 Å². The SMILES string of the molecule is COc1cccc2c1CCC[C@H]2N1CCOCC1. The summed E-state index contributed by atoms with van der Waals surface area (Å²) >= 11 is 0. The van der Waals surface area contributed by atoms with Gasteiger partial charge in [-0.3, -0.25) is 4.90 Å². The Morgan fingerprint density at radius 3 is 2.89 bits per heavy atom. The van der Waals surface area contributed by atoms with Crippen molar-refractivity contribution >= 4 is 0 Å². The van der Waals surface area contributed by atoms with Crippen LogP contribution in [0.4, 0.5) is 0 Å². The van der Waals surface area contributed by atoms with Crippen LogP contribution in [-0.4, -0.2) is 38.3 Å². The van der Waals surface area contributed by atoms with E-state index in [2.05, 4.69) is 23.1 Å². The number of benzene rings is 1. The number of hydrogen-bond donors (Lipinski definition) is 0. The van der Waals surface area contributed by atoms with Crippen molar-refractivity contribution in [2.24, 2.45) is 0 Å². The zero-order valence-electron chi connectivity index (χ0n) is 11.0. The third-order valence-electron chi connectivity index (χ3n) is 4.14. The van der Waals surface area contributed by atoms with Gasteiger partial charge in [0.1, 0.15) is 5.75 Å². The molecule has 18 heavy (non-hydrogen) atoms. The van der Waals surface area contributed by atoms with E-state index >= 15 is 0 Å². The highest BCUT2D eigenvalue weighted by Crippen LogP contribution is 2.38. The van der Waals surface area contributed by atoms with Gasteiger partial charge >= 0.3 is 0 Å². The highest BCUT2D eigenvalue weighted by molar-refractivity contribution is 5.43. The maximum atomic E-state index is 5.51. The first-order valence-corrected chi connectivity index (χ1v) is 6.87. The lowest BCUT2D eigenvalue weighted by Crippen LogP contribution is -2.40. The Hall–Kier alpha value is -1.06. The monoisotopic (exact) mass is 247 g/mol. The summed E-state index contributed by atoms with van der Waals surface area (Å²) < 4.78 is 11.0. The Morgan fingerprint density at radius 2 is 2.11 bits per heavy atom. The van der Waals surface area contributed by atoms with Crippen LogP contribution in [0.15, 0.2) is 18.2 Å². The number of morpholine rings is 1. The van der Waals surface area contributed by atoms with Crippen molar-refractivity contribution in [3.8, 4) is 5.75 Å². The summed E-state index contributed by atoms with van der Waals surface area (Å²) in [5, 5.41) is 0. The van der Waals surface area contributed by atoms with E-state index < -0.39 is 0 Å². The Kier molecular flexibility index (Phi) is 3.52. The van der Waals surface area contributed by atoms with E-state index in [4.69, 9.17) is 9.47 Å². The molecule has 0 amide bonds. The second-order valence-electron chi connectivity index (χ2n) is 5.08. The molecule has 2 aliphatic rings. The van der Waals surface area contributed by atoms with Gasteiger partial charge in [0.25, 0.3) is 0 Å². The zero-order valence-corrected chi connectivity index (χ0v) is 11.0. The first-order valence-electron chi connectivity index (χ1n) is 6.87. The minimum Gasteiger partial charge on any atom is -0.496 e. The van der Waals surface area contributed by atoms with E-state index in [-0.39, 0.29) is 0 Å². The molecule has 1 saturated heterocycles. The highest BCUT2D eigenvalue weighted by Gasteiger charge is 2.28. The van der Waals surface area contributed by atoms with Crippen LogP contribution in [0.3, 0.4) is 0 Å². The van der Waals surface area contributed by atoms with Gasteiger partial charge in [-0.05, 0) is 36.5 Å². The van der Waals surface area contributed by atoms with Crippen LogP contribution in [0.5, 0.6) is 5.75 Å². The zero-order chi connectivity index (χ0) is 12.4. The van der Waals surface area contributed by atoms with E-state index in [1.165, 1.54) is 24.0 Å². The normalized spacial score (nSPS) is 24.6. The summed E-state index contributed by atoms with van der Waals surface area (Å²) in [5.41, 5.74) is 2.89. The van der Waals surface area contributed by atoms with E-state index in [9.17, 15) is 0 Å².